The zero-order valence-electron chi connectivity index (χ0n) is 16.0. The lowest BCUT2D eigenvalue weighted by molar-refractivity contribution is -0.116. The van der Waals surface area contributed by atoms with Gasteiger partial charge in [-0.15, -0.1) is 0 Å². The molecule has 1 N–H and O–H groups in total. The first-order chi connectivity index (χ1) is 13.3. The van der Waals surface area contributed by atoms with E-state index in [2.05, 4.69) is 5.32 Å². The summed E-state index contributed by atoms with van der Waals surface area (Å²) in [5.74, 6) is -0.369. The fourth-order valence-electron chi connectivity index (χ4n) is 3.14. The first-order valence-electron chi connectivity index (χ1n) is 9.14. The summed E-state index contributed by atoms with van der Waals surface area (Å²) < 4.78 is 2.57. The van der Waals surface area contributed by atoms with Crippen molar-refractivity contribution in [1.29, 1.82) is 0 Å². The molecule has 0 bridgehead atoms. The van der Waals surface area contributed by atoms with E-state index in [-0.39, 0.29) is 24.1 Å². The summed E-state index contributed by atoms with van der Waals surface area (Å²) in [5, 5.41) is 3.76. The molecule has 3 aromatic rings. The predicted molar refractivity (Wildman–Crippen MR) is 112 cm³/mol. The molecule has 0 radical (unpaired) electrons. The Morgan fingerprint density at radius 3 is 2.57 bits per heavy atom. The van der Waals surface area contributed by atoms with Gasteiger partial charge in [-0.05, 0) is 50.1 Å². The van der Waals surface area contributed by atoms with Crippen LogP contribution in [0.2, 0.25) is 5.02 Å². The second-order valence-corrected chi connectivity index (χ2v) is 7.19. The van der Waals surface area contributed by atoms with Gasteiger partial charge in [-0.1, -0.05) is 36.7 Å². The van der Waals surface area contributed by atoms with Crippen LogP contribution in [0, 0.1) is 6.92 Å². The molecular weight excluding hydrogens is 378 g/mol. The molecular formula is C21H22ClN3O3. The summed E-state index contributed by atoms with van der Waals surface area (Å²) >= 11 is 6.11. The molecule has 2 aromatic carbocycles. The molecule has 1 aromatic heterocycles. The highest BCUT2D eigenvalue weighted by Gasteiger charge is 2.18. The molecule has 0 aliphatic heterocycles. The fraction of sp³-hybridized carbons (Fsp3) is 0.286. The summed E-state index contributed by atoms with van der Waals surface area (Å²) in [6.45, 7) is 5.33. The average molecular weight is 400 g/mol. The van der Waals surface area contributed by atoms with Crippen LogP contribution in [0.25, 0.3) is 10.9 Å². The zero-order valence-corrected chi connectivity index (χ0v) is 16.8. The van der Waals surface area contributed by atoms with Gasteiger partial charge in [-0.25, -0.2) is 4.79 Å². The van der Waals surface area contributed by atoms with E-state index < -0.39 is 5.69 Å². The molecule has 0 aliphatic rings. The highest BCUT2D eigenvalue weighted by atomic mass is 35.5. The number of benzene rings is 2. The van der Waals surface area contributed by atoms with Gasteiger partial charge in [0.05, 0.1) is 10.9 Å². The third kappa shape index (κ3) is 3.60. The Morgan fingerprint density at radius 2 is 1.86 bits per heavy atom. The number of para-hydroxylation sites is 1. The van der Waals surface area contributed by atoms with Gasteiger partial charge in [-0.3, -0.25) is 18.7 Å². The lowest BCUT2D eigenvalue weighted by Gasteiger charge is -2.17. The van der Waals surface area contributed by atoms with Crippen LogP contribution in [-0.2, 0) is 11.3 Å². The SMILES string of the molecule is CC[C@@H](C)n1c(=O)c2ccccc2n(CC(=O)Nc2cccc(Cl)c2C)c1=O. The van der Waals surface area contributed by atoms with E-state index in [0.29, 0.717) is 28.0 Å². The van der Waals surface area contributed by atoms with Crippen LogP contribution in [0.3, 0.4) is 0 Å². The molecule has 0 saturated heterocycles. The molecule has 0 spiro atoms. The van der Waals surface area contributed by atoms with Gasteiger partial charge in [0, 0.05) is 16.8 Å². The number of aromatic nitrogens is 2. The van der Waals surface area contributed by atoms with Crippen molar-refractivity contribution < 1.29 is 4.79 Å². The van der Waals surface area contributed by atoms with Gasteiger partial charge in [0.25, 0.3) is 5.56 Å². The molecule has 0 aliphatic carbocycles. The predicted octanol–water partition coefficient (Wildman–Crippen LogP) is 3.73. The molecule has 0 fully saturated rings. The number of hydrogen-bond acceptors (Lipinski definition) is 3. The van der Waals surface area contributed by atoms with Crippen LogP contribution in [-0.4, -0.2) is 15.0 Å². The van der Waals surface area contributed by atoms with Gasteiger partial charge < -0.3 is 5.32 Å². The average Bonchev–Trinajstić information content (AvgIpc) is 2.68. The zero-order chi connectivity index (χ0) is 20.4. The van der Waals surface area contributed by atoms with Crippen LogP contribution < -0.4 is 16.6 Å². The first kappa shape index (κ1) is 19.9. The molecule has 0 unspecified atom stereocenters. The quantitative estimate of drug-likeness (QED) is 0.710. The smallest absolute Gasteiger partial charge is 0.324 e. The molecule has 3 rings (SSSR count). The van der Waals surface area contributed by atoms with Gasteiger partial charge in [-0.2, -0.15) is 0 Å². The molecule has 1 atom stereocenters. The van der Waals surface area contributed by atoms with Gasteiger partial charge in [0.1, 0.15) is 6.54 Å². The number of anilines is 1. The van der Waals surface area contributed by atoms with Crippen molar-refractivity contribution in [3.8, 4) is 0 Å². The molecule has 6 nitrogen and oxygen atoms in total. The monoisotopic (exact) mass is 399 g/mol. The maximum absolute atomic E-state index is 13.0. The van der Waals surface area contributed by atoms with Crippen molar-refractivity contribution in [3.63, 3.8) is 0 Å². The van der Waals surface area contributed by atoms with E-state index in [9.17, 15) is 14.4 Å². The van der Waals surface area contributed by atoms with Crippen molar-refractivity contribution in [2.45, 2.75) is 39.8 Å². The third-order valence-corrected chi connectivity index (χ3v) is 5.37. The normalized spacial score (nSPS) is 12.1. The number of rotatable bonds is 5. The van der Waals surface area contributed by atoms with Gasteiger partial charge in [0.2, 0.25) is 5.91 Å². The lowest BCUT2D eigenvalue weighted by atomic mass is 10.2. The number of carbonyl (C=O) groups is 1. The maximum Gasteiger partial charge on any atom is 0.332 e. The Kier molecular flexibility index (Phi) is 5.70. The molecule has 28 heavy (non-hydrogen) atoms. The lowest BCUT2D eigenvalue weighted by Crippen LogP contribution is -2.43. The number of hydrogen-bond donors (Lipinski definition) is 1. The number of nitrogens with zero attached hydrogens (tertiary/aromatic N) is 2. The van der Waals surface area contributed by atoms with E-state index >= 15 is 0 Å². The maximum atomic E-state index is 13.0. The van der Waals surface area contributed by atoms with Crippen molar-refractivity contribution in [2.24, 2.45) is 0 Å². The Morgan fingerprint density at radius 1 is 1.14 bits per heavy atom. The van der Waals surface area contributed by atoms with Gasteiger partial charge >= 0.3 is 5.69 Å². The number of amides is 1. The Balaban J connectivity index is 2.07. The van der Waals surface area contributed by atoms with E-state index in [4.69, 9.17) is 11.6 Å². The summed E-state index contributed by atoms with van der Waals surface area (Å²) in [5.41, 5.74) is 0.952. The van der Waals surface area contributed by atoms with Crippen LogP contribution in [0.5, 0.6) is 0 Å². The standard InChI is InChI=1S/C21H22ClN3O3/c1-4-13(2)25-20(27)15-8-5-6-11-18(15)24(21(25)28)12-19(26)23-17-10-7-9-16(22)14(17)3/h5-11,13H,4,12H2,1-3H3,(H,23,26)/t13-/m1/s1. The van der Waals surface area contributed by atoms with Crippen LogP contribution in [0.15, 0.2) is 52.1 Å². The summed E-state index contributed by atoms with van der Waals surface area (Å²) in [6.07, 6.45) is 0.626. The third-order valence-electron chi connectivity index (χ3n) is 4.96. The Hall–Kier alpha value is -2.86. The summed E-state index contributed by atoms with van der Waals surface area (Å²) in [6, 6.07) is 11.8. The van der Waals surface area contributed by atoms with E-state index in [1.165, 1.54) is 9.13 Å². The van der Waals surface area contributed by atoms with Crippen molar-refractivity contribution in [1.82, 2.24) is 9.13 Å². The highest BCUT2D eigenvalue weighted by molar-refractivity contribution is 6.31. The second-order valence-electron chi connectivity index (χ2n) is 6.78. The first-order valence-corrected chi connectivity index (χ1v) is 9.52. The molecule has 1 amide bonds. The van der Waals surface area contributed by atoms with Crippen LogP contribution in [0.1, 0.15) is 31.9 Å². The number of carbonyl (C=O) groups excluding carboxylic acids is 1. The van der Waals surface area contributed by atoms with E-state index in [0.717, 1.165) is 5.56 Å². The van der Waals surface area contributed by atoms with Crippen molar-refractivity contribution in [2.75, 3.05) is 5.32 Å². The molecule has 7 heteroatoms. The number of fused-ring (bicyclic) bond motifs is 1. The number of nitrogens with one attached hydrogen (secondary N) is 1. The van der Waals surface area contributed by atoms with Crippen LogP contribution >= 0.6 is 11.6 Å². The minimum Gasteiger partial charge on any atom is -0.324 e. The second kappa shape index (κ2) is 8.02. The van der Waals surface area contributed by atoms with Crippen molar-refractivity contribution in [3.05, 3.63) is 73.9 Å². The Labute approximate surface area is 167 Å². The Bertz CT molecular complexity index is 1160. The van der Waals surface area contributed by atoms with E-state index in [1.807, 2.05) is 20.8 Å². The summed E-state index contributed by atoms with van der Waals surface area (Å²) in [4.78, 5) is 38.5. The topological polar surface area (TPSA) is 73.1 Å². The molecule has 1 heterocycles. The minimum atomic E-state index is -0.490. The largest absolute Gasteiger partial charge is 0.332 e. The van der Waals surface area contributed by atoms with Crippen LogP contribution in [0.4, 0.5) is 5.69 Å². The molecule has 146 valence electrons. The summed E-state index contributed by atoms with van der Waals surface area (Å²) in [7, 11) is 0. The molecule has 0 saturated carbocycles. The van der Waals surface area contributed by atoms with Crippen molar-refractivity contribution >= 4 is 34.1 Å². The fourth-order valence-corrected chi connectivity index (χ4v) is 3.31. The minimum absolute atomic E-state index is 0.206. The van der Waals surface area contributed by atoms with Gasteiger partial charge in [0.15, 0.2) is 0 Å². The number of halogens is 1. The highest BCUT2D eigenvalue weighted by Crippen LogP contribution is 2.23. The van der Waals surface area contributed by atoms with E-state index in [1.54, 1.807) is 42.5 Å².